The van der Waals surface area contributed by atoms with E-state index in [0.29, 0.717) is 0 Å². The van der Waals surface area contributed by atoms with Crippen molar-refractivity contribution >= 4 is 23.8 Å². The van der Waals surface area contributed by atoms with Gasteiger partial charge in [-0.2, -0.15) is 0 Å². The van der Waals surface area contributed by atoms with Crippen LogP contribution in [0.1, 0.15) is 33.6 Å². The lowest BCUT2D eigenvalue weighted by Crippen LogP contribution is -2.58. The molecule has 8 nitrogen and oxygen atoms in total. The third-order valence-electron chi connectivity index (χ3n) is 2.93. The molecule has 1 aliphatic heterocycles. The van der Waals surface area contributed by atoms with Crippen molar-refractivity contribution in [3.8, 4) is 0 Å². The SMILES string of the molecule is CC(C)(C)C(NC(=O)NC1CCC(=O)NC1=O)C(=O)O. The van der Waals surface area contributed by atoms with Crippen molar-refractivity contribution in [2.45, 2.75) is 45.7 Å². The first-order valence-electron chi connectivity index (χ1n) is 6.25. The standard InChI is InChI=1S/C12H19N3O5/c1-12(2,3)8(10(18)19)15-11(20)13-6-4-5-7(16)14-9(6)17/h6,8H,4-5H2,1-3H3,(H,18,19)(H2,13,15,20)(H,14,16,17). The van der Waals surface area contributed by atoms with Crippen molar-refractivity contribution in [2.75, 3.05) is 0 Å². The summed E-state index contributed by atoms with van der Waals surface area (Å²) >= 11 is 0. The van der Waals surface area contributed by atoms with Crippen LogP contribution in [0.3, 0.4) is 0 Å². The maximum absolute atomic E-state index is 11.7. The molecular formula is C12H19N3O5. The first-order valence-corrected chi connectivity index (χ1v) is 6.25. The van der Waals surface area contributed by atoms with Crippen molar-refractivity contribution in [1.29, 1.82) is 0 Å². The molecule has 1 heterocycles. The van der Waals surface area contributed by atoms with E-state index in [1.165, 1.54) is 0 Å². The fraction of sp³-hybridized carbons (Fsp3) is 0.667. The molecule has 0 radical (unpaired) electrons. The molecule has 4 amide bonds. The van der Waals surface area contributed by atoms with Crippen molar-refractivity contribution in [2.24, 2.45) is 5.41 Å². The fourth-order valence-corrected chi connectivity index (χ4v) is 1.81. The third kappa shape index (κ3) is 4.22. The maximum atomic E-state index is 11.7. The van der Waals surface area contributed by atoms with Crippen LogP contribution >= 0.6 is 0 Å². The minimum atomic E-state index is -1.16. The molecule has 0 aliphatic carbocycles. The number of carbonyl (C=O) groups is 4. The zero-order chi connectivity index (χ0) is 15.5. The Morgan fingerprint density at radius 2 is 1.95 bits per heavy atom. The molecule has 1 rings (SSSR count). The number of piperidine rings is 1. The summed E-state index contributed by atoms with van der Waals surface area (Å²) in [6, 6.07) is -2.67. The first kappa shape index (κ1) is 15.9. The first-order chi connectivity index (χ1) is 9.11. The van der Waals surface area contributed by atoms with Gasteiger partial charge in [-0.15, -0.1) is 0 Å². The zero-order valence-electron chi connectivity index (χ0n) is 11.6. The van der Waals surface area contributed by atoms with E-state index < -0.39 is 35.4 Å². The molecular weight excluding hydrogens is 266 g/mol. The Bertz CT molecular complexity index is 441. The van der Waals surface area contributed by atoms with E-state index in [9.17, 15) is 19.2 Å². The van der Waals surface area contributed by atoms with Crippen LogP contribution < -0.4 is 16.0 Å². The Labute approximate surface area is 116 Å². The van der Waals surface area contributed by atoms with E-state index in [1.54, 1.807) is 20.8 Å². The van der Waals surface area contributed by atoms with Gasteiger partial charge in [0.25, 0.3) is 0 Å². The van der Waals surface area contributed by atoms with Gasteiger partial charge in [0, 0.05) is 6.42 Å². The van der Waals surface area contributed by atoms with Crippen molar-refractivity contribution in [3.05, 3.63) is 0 Å². The average molecular weight is 285 g/mol. The lowest BCUT2D eigenvalue weighted by molar-refractivity contribution is -0.142. The molecule has 0 saturated carbocycles. The highest BCUT2D eigenvalue weighted by molar-refractivity contribution is 6.01. The largest absolute Gasteiger partial charge is 0.480 e. The number of hydrogen-bond acceptors (Lipinski definition) is 4. The number of rotatable bonds is 3. The lowest BCUT2D eigenvalue weighted by Gasteiger charge is -2.29. The highest BCUT2D eigenvalue weighted by atomic mass is 16.4. The van der Waals surface area contributed by atoms with Crippen LogP contribution in [0.25, 0.3) is 0 Å². The Morgan fingerprint density at radius 3 is 2.40 bits per heavy atom. The molecule has 0 bridgehead atoms. The second-order valence-corrected chi connectivity index (χ2v) is 5.76. The van der Waals surface area contributed by atoms with E-state index in [-0.39, 0.29) is 18.7 Å². The van der Waals surface area contributed by atoms with Crippen LogP contribution in [0.5, 0.6) is 0 Å². The molecule has 0 aromatic carbocycles. The van der Waals surface area contributed by atoms with Crippen LogP contribution in [-0.2, 0) is 14.4 Å². The minimum Gasteiger partial charge on any atom is -0.480 e. The third-order valence-corrected chi connectivity index (χ3v) is 2.93. The quantitative estimate of drug-likeness (QED) is 0.525. The van der Waals surface area contributed by atoms with Crippen LogP contribution in [0.15, 0.2) is 0 Å². The van der Waals surface area contributed by atoms with Crippen molar-refractivity contribution in [3.63, 3.8) is 0 Å². The Hall–Kier alpha value is -2.12. The number of carboxylic acid groups (broad SMARTS) is 1. The van der Waals surface area contributed by atoms with Gasteiger partial charge in [0.1, 0.15) is 12.1 Å². The predicted octanol–water partition coefficient (Wildman–Crippen LogP) is -0.410. The van der Waals surface area contributed by atoms with Gasteiger partial charge in [0.05, 0.1) is 0 Å². The van der Waals surface area contributed by atoms with E-state index in [2.05, 4.69) is 16.0 Å². The maximum Gasteiger partial charge on any atom is 0.326 e. The zero-order valence-corrected chi connectivity index (χ0v) is 11.6. The monoisotopic (exact) mass is 285 g/mol. The van der Waals surface area contributed by atoms with E-state index >= 15 is 0 Å². The number of imide groups is 1. The van der Waals surface area contributed by atoms with Gasteiger partial charge >= 0.3 is 12.0 Å². The Kier molecular flexibility index (Phi) is 4.69. The predicted molar refractivity (Wildman–Crippen MR) is 68.7 cm³/mol. The van der Waals surface area contributed by atoms with Gasteiger partial charge < -0.3 is 15.7 Å². The molecule has 1 aliphatic rings. The van der Waals surface area contributed by atoms with Gasteiger partial charge in [-0.05, 0) is 11.8 Å². The molecule has 0 aromatic rings. The number of nitrogens with one attached hydrogen (secondary N) is 3. The number of carbonyl (C=O) groups excluding carboxylic acids is 3. The van der Waals surface area contributed by atoms with E-state index in [1.807, 2.05) is 0 Å². The number of urea groups is 1. The summed E-state index contributed by atoms with van der Waals surface area (Å²) in [5, 5.41) is 15.9. The minimum absolute atomic E-state index is 0.137. The molecule has 1 fully saturated rings. The van der Waals surface area contributed by atoms with Gasteiger partial charge in [0.2, 0.25) is 11.8 Å². The molecule has 2 unspecified atom stereocenters. The summed E-state index contributed by atoms with van der Waals surface area (Å²) in [6.45, 7) is 5.04. The average Bonchev–Trinajstić information content (AvgIpc) is 2.28. The summed E-state index contributed by atoms with van der Waals surface area (Å²) in [6.07, 6.45) is 0.337. The van der Waals surface area contributed by atoms with Crippen LogP contribution in [-0.4, -0.2) is 41.0 Å². The van der Waals surface area contributed by atoms with Crippen LogP contribution in [0, 0.1) is 5.41 Å². The topological polar surface area (TPSA) is 125 Å². The summed E-state index contributed by atoms with van der Waals surface area (Å²) in [4.78, 5) is 45.3. The highest BCUT2D eigenvalue weighted by Crippen LogP contribution is 2.19. The van der Waals surface area contributed by atoms with Crippen LogP contribution in [0.4, 0.5) is 4.79 Å². The van der Waals surface area contributed by atoms with Crippen molar-refractivity contribution in [1.82, 2.24) is 16.0 Å². The number of amides is 4. The smallest absolute Gasteiger partial charge is 0.326 e. The van der Waals surface area contributed by atoms with Gasteiger partial charge in [-0.1, -0.05) is 20.8 Å². The normalized spacial score (nSPS) is 20.9. The molecule has 112 valence electrons. The molecule has 1 saturated heterocycles. The summed E-state index contributed by atoms with van der Waals surface area (Å²) < 4.78 is 0. The number of aliphatic carboxylic acids is 1. The molecule has 0 spiro atoms. The molecule has 8 heteroatoms. The summed E-state index contributed by atoms with van der Waals surface area (Å²) in [5.41, 5.74) is -0.673. The highest BCUT2D eigenvalue weighted by Gasteiger charge is 2.34. The van der Waals surface area contributed by atoms with Gasteiger partial charge in [-0.3, -0.25) is 14.9 Å². The second-order valence-electron chi connectivity index (χ2n) is 5.76. The molecule has 20 heavy (non-hydrogen) atoms. The number of carboxylic acids is 1. The molecule has 4 N–H and O–H groups in total. The van der Waals surface area contributed by atoms with Gasteiger partial charge in [0.15, 0.2) is 0 Å². The van der Waals surface area contributed by atoms with E-state index in [4.69, 9.17) is 5.11 Å². The van der Waals surface area contributed by atoms with Crippen molar-refractivity contribution < 1.29 is 24.3 Å². The fourth-order valence-electron chi connectivity index (χ4n) is 1.81. The molecule has 2 atom stereocenters. The summed E-state index contributed by atoms with van der Waals surface area (Å²) in [5.74, 6) is -2.12. The summed E-state index contributed by atoms with van der Waals surface area (Å²) in [7, 11) is 0. The van der Waals surface area contributed by atoms with Gasteiger partial charge in [-0.25, -0.2) is 9.59 Å². The Balaban J connectivity index is 2.61. The van der Waals surface area contributed by atoms with Crippen LogP contribution in [0.2, 0.25) is 0 Å². The van der Waals surface area contributed by atoms with E-state index in [0.717, 1.165) is 0 Å². The Morgan fingerprint density at radius 1 is 1.35 bits per heavy atom. The number of hydrogen-bond donors (Lipinski definition) is 4. The molecule has 0 aromatic heterocycles. The lowest BCUT2D eigenvalue weighted by atomic mass is 9.87. The second kappa shape index (κ2) is 5.89.